The molecule has 1 atom stereocenters. The van der Waals surface area contributed by atoms with Gasteiger partial charge in [-0.05, 0) is 6.92 Å². The van der Waals surface area contributed by atoms with Crippen LogP contribution < -0.4 is 4.74 Å². The van der Waals surface area contributed by atoms with Gasteiger partial charge >= 0.3 is 19.2 Å². The van der Waals surface area contributed by atoms with Gasteiger partial charge in [0.2, 0.25) is 5.88 Å². The third-order valence-electron chi connectivity index (χ3n) is 2.63. The number of hydrogen-bond donors (Lipinski definition) is 1. The van der Waals surface area contributed by atoms with E-state index in [1.165, 1.54) is 6.92 Å². The van der Waals surface area contributed by atoms with Gasteiger partial charge in [0, 0.05) is 12.3 Å². The lowest BCUT2D eigenvalue weighted by Gasteiger charge is -2.15. The Bertz CT molecular complexity index is 691. The van der Waals surface area contributed by atoms with Crippen LogP contribution in [-0.2, 0) is 4.74 Å². The van der Waals surface area contributed by atoms with Crippen LogP contribution in [0.3, 0.4) is 0 Å². The Morgan fingerprint density at radius 1 is 1.32 bits per heavy atom. The Balaban J connectivity index is 2.58. The molecule has 0 fully saturated rings. The summed E-state index contributed by atoms with van der Waals surface area (Å²) in [6, 6.07) is 1.01. The Morgan fingerprint density at radius 2 is 2.00 bits per heavy atom. The molecule has 2 aromatic rings. The molecule has 0 amide bonds. The minimum Gasteiger partial charge on any atom is -0.478 e. The van der Waals surface area contributed by atoms with Gasteiger partial charge in [0.1, 0.15) is 11.7 Å². The number of halogens is 4. The van der Waals surface area contributed by atoms with E-state index in [0.717, 1.165) is 16.8 Å². The van der Waals surface area contributed by atoms with Crippen molar-refractivity contribution in [1.82, 2.24) is 14.6 Å². The van der Waals surface area contributed by atoms with Crippen molar-refractivity contribution in [3.63, 3.8) is 0 Å². The number of hydrogen-bond acceptors (Lipinski definition) is 5. The second-order valence-corrected chi connectivity index (χ2v) is 4.03. The molecule has 2 heterocycles. The summed E-state index contributed by atoms with van der Waals surface area (Å²) in [6.07, 6.45) is -0.484. The molecule has 1 N–H and O–H groups in total. The first-order chi connectivity index (χ1) is 10.3. The van der Waals surface area contributed by atoms with Gasteiger partial charge in [-0.25, -0.2) is 14.3 Å². The summed E-state index contributed by atoms with van der Waals surface area (Å²) in [7, 11) is 0. The van der Waals surface area contributed by atoms with E-state index in [1.54, 1.807) is 0 Å². The molecule has 0 saturated heterocycles. The Hall–Kier alpha value is -2.43. The molecule has 0 unspecified atom stereocenters. The van der Waals surface area contributed by atoms with Crippen molar-refractivity contribution in [1.29, 1.82) is 0 Å². The van der Waals surface area contributed by atoms with Crippen molar-refractivity contribution in [3.8, 4) is 5.88 Å². The first kappa shape index (κ1) is 15.9. The molecule has 0 radical (unpaired) electrons. The maximum Gasteiger partial charge on any atom is 0.388 e. The molecule has 0 aromatic carbocycles. The van der Waals surface area contributed by atoms with Gasteiger partial charge in [0.25, 0.3) is 0 Å². The lowest BCUT2D eigenvalue weighted by Crippen LogP contribution is -2.16. The SMILES string of the molecule is C[C@H](OC(F)F)c1c(C(=O)O)cnc2cc(OC(F)F)nn12. The minimum absolute atomic E-state index is 0.0552. The first-order valence-electron chi connectivity index (χ1n) is 5.80. The van der Waals surface area contributed by atoms with Crippen LogP contribution in [0.5, 0.6) is 5.88 Å². The van der Waals surface area contributed by atoms with E-state index in [2.05, 4.69) is 19.6 Å². The van der Waals surface area contributed by atoms with Gasteiger partial charge < -0.3 is 14.6 Å². The molecule has 0 aliphatic heterocycles. The Kier molecular flexibility index (Phi) is 4.45. The highest BCUT2D eigenvalue weighted by molar-refractivity contribution is 5.89. The zero-order valence-electron chi connectivity index (χ0n) is 10.9. The van der Waals surface area contributed by atoms with E-state index in [9.17, 15) is 22.4 Å². The average Bonchev–Trinajstić information content (AvgIpc) is 2.77. The summed E-state index contributed by atoms with van der Waals surface area (Å²) in [4.78, 5) is 14.9. The number of ether oxygens (including phenoxy) is 2. The van der Waals surface area contributed by atoms with Crippen LogP contribution in [0, 0.1) is 0 Å². The fourth-order valence-corrected chi connectivity index (χ4v) is 1.85. The topological polar surface area (TPSA) is 86.0 Å². The van der Waals surface area contributed by atoms with E-state index in [-0.39, 0.29) is 11.3 Å². The highest BCUT2D eigenvalue weighted by Gasteiger charge is 2.25. The van der Waals surface area contributed by atoms with Crippen LogP contribution in [-0.4, -0.2) is 38.9 Å². The number of alkyl halides is 4. The second kappa shape index (κ2) is 6.13. The maximum absolute atomic E-state index is 12.3. The third kappa shape index (κ3) is 3.24. The molecular formula is C11H9F4N3O4. The lowest BCUT2D eigenvalue weighted by molar-refractivity contribution is -0.161. The molecule has 0 spiro atoms. The molecule has 0 aliphatic carbocycles. The number of carboxylic acid groups (broad SMARTS) is 1. The van der Waals surface area contributed by atoms with Crippen LogP contribution in [0.1, 0.15) is 29.1 Å². The number of carbonyl (C=O) groups is 1. The van der Waals surface area contributed by atoms with Gasteiger partial charge in [0.15, 0.2) is 5.65 Å². The zero-order chi connectivity index (χ0) is 16.4. The van der Waals surface area contributed by atoms with E-state index >= 15 is 0 Å². The van der Waals surface area contributed by atoms with E-state index in [4.69, 9.17) is 5.11 Å². The lowest BCUT2D eigenvalue weighted by atomic mass is 10.1. The number of aromatic carboxylic acids is 1. The molecule has 11 heteroatoms. The summed E-state index contributed by atoms with van der Waals surface area (Å²) < 4.78 is 58.2. The molecular weight excluding hydrogens is 314 g/mol. The fourth-order valence-electron chi connectivity index (χ4n) is 1.85. The third-order valence-corrected chi connectivity index (χ3v) is 2.63. The number of carboxylic acids is 1. The van der Waals surface area contributed by atoms with E-state index in [1.807, 2.05) is 0 Å². The quantitative estimate of drug-likeness (QED) is 0.821. The van der Waals surface area contributed by atoms with Crippen LogP contribution in [0.4, 0.5) is 17.6 Å². The molecule has 2 aromatic heterocycles. The second-order valence-electron chi connectivity index (χ2n) is 4.03. The molecule has 0 aliphatic rings. The van der Waals surface area contributed by atoms with E-state index < -0.39 is 36.7 Å². The van der Waals surface area contributed by atoms with Crippen LogP contribution in [0.15, 0.2) is 12.3 Å². The molecule has 2 rings (SSSR count). The normalized spacial score (nSPS) is 13.0. The van der Waals surface area contributed by atoms with Gasteiger partial charge in [-0.1, -0.05) is 0 Å². The van der Waals surface area contributed by atoms with Gasteiger partial charge in [-0.3, -0.25) is 0 Å². The summed E-state index contributed by atoms with van der Waals surface area (Å²) in [6.45, 7) is -5.14. The van der Waals surface area contributed by atoms with Crippen molar-refractivity contribution in [3.05, 3.63) is 23.5 Å². The van der Waals surface area contributed by atoms with Crippen molar-refractivity contribution in [2.24, 2.45) is 0 Å². The van der Waals surface area contributed by atoms with Crippen LogP contribution in [0.2, 0.25) is 0 Å². The molecule has 7 nitrogen and oxygen atoms in total. The summed E-state index contributed by atoms with van der Waals surface area (Å²) >= 11 is 0. The average molecular weight is 323 g/mol. The molecule has 0 saturated carbocycles. The zero-order valence-corrected chi connectivity index (χ0v) is 10.9. The predicted octanol–water partition coefficient (Wildman–Crippen LogP) is 2.33. The number of nitrogens with zero attached hydrogens (tertiary/aromatic N) is 3. The number of fused-ring (bicyclic) bond motifs is 1. The molecule has 22 heavy (non-hydrogen) atoms. The monoisotopic (exact) mass is 323 g/mol. The number of rotatable bonds is 6. The smallest absolute Gasteiger partial charge is 0.388 e. The Labute approximate surface area is 120 Å². The highest BCUT2D eigenvalue weighted by atomic mass is 19.3. The largest absolute Gasteiger partial charge is 0.478 e. The van der Waals surface area contributed by atoms with Crippen molar-refractivity contribution < 1.29 is 36.9 Å². The van der Waals surface area contributed by atoms with E-state index in [0.29, 0.717) is 0 Å². The summed E-state index contributed by atoms with van der Waals surface area (Å²) in [5.41, 5.74) is -0.783. The van der Waals surface area contributed by atoms with Crippen LogP contribution >= 0.6 is 0 Å². The fraction of sp³-hybridized carbons (Fsp3) is 0.364. The van der Waals surface area contributed by atoms with Gasteiger partial charge in [0.05, 0.1) is 5.69 Å². The predicted molar refractivity (Wildman–Crippen MR) is 62.1 cm³/mol. The highest BCUT2D eigenvalue weighted by Crippen LogP contribution is 2.25. The molecule has 0 bridgehead atoms. The van der Waals surface area contributed by atoms with Crippen molar-refractivity contribution in [2.45, 2.75) is 26.3 Å². The minimum atomic E-state index is -3.16. The number of aromatic nitrogens is 3. The summed E-state index contributed by atoms with van der Waals surface area (Å²) in [5, 5.41) is 12.7. The van der Waals surface area contributed by atoms with Crippen molar-refractivity contribution in [2.75, 3.05) is 0 Å². The Morgan fingerprint density at radius 3 is 2.55 bits per heavy atom. The van der Waals surface area contributed by atoms with Crippen molar-refractivity contribution >= 4 is 11.6 Å². The van der Waals surface area contributed by atoms with Gasteiger partial charge in [-0.15, -0.1) is 5.10 Å². The summed E-state index contributed by atoms with van der Waals surface area (Å²) in [5.74, 6) is -1.99. The standard InChI is InChI=1S/C11H9F4N3O4/c1-4(21-10(12)13)8-5(9(19)20)3-16-6-2-7(17-18(6)8)22-11(14)15/h2-4,10-11H,1H3,(H,19,20)/t4-/m0/s1. The first-order valence-corrected chi connectivity index (χ1v) is 5.80. The van der Waals surface area contributed by atoms with Crippen LogP contribution in [0.25, 0.3) is 5.65 Å². The van der Waals surface area contributed by atoms with Gasteiger partial charge in [-0.2, -0.15) is 17.6 Å². The molecule has 120 valence electrons. The maximum atomic E-state index is 12.3.